The molecular formula is C18H17N3O. The number of para-hydroxylation sites is 2. The number of nitrogens with one attached hydrogen (secondary N) is 1. The van der Waals surface area contributed by atoms with Gasteiger partial charge in [-0.15, -0.1) is 0 Å². The fourth-order valence-corrected chi connectivity index (χ4v) is 2.43. The molecule has 0 unspecified atom stereocenters. The predicted molar refractivity (Wildman–Crippen MR) is 89.5 cm³/mol. The Hall–Kier alpha value is -2.88. The highest BCUT2D eigenvalue weighted by Gasteiger charge is 2.07. The molecule has 0 saturated carbocycles. The summed E-state index contributed by atoms with van der Waals surface area (Å²) in [5.74, 6) is -0.0404. The normalized spacial score (nSPS) is 10.5. The standard InChI is InChI=1S/C18H17N3O/c19-15-8-2-1-5-13(15)10-11-17(22)21-16-9-3-6-14-7-4-12-20-18(14)16/h1-9,12H,10-11,19H2,(H,21,22). The van der Waals surface area contributed by atoms with Crippen LogP contribution in [0.2, 0.25) is 0 Å². The summed E-state index contributed by atoms with van der Waals surface area (Å²) < 4.78 is 0. The van der Waals surface area contributed by atoms with Crippen molar-refractivity contribution in [3.63, 3.8) is 0 Å². The first-order chi connectivity index (χ1) is 10.7. The molecule has 0 aliphatic carbocycles. The second-order valence-corrected chi connectivity index (χ2v) is 5.13. The Kier molecular flexibility index (Phi) is 4.01. The van der Waals surface area contributed by atoms with E-state index in [0.29, 0.717) is 12.8 Å². The van der Waals surface area contributed by atoms with Crippen LogP contribution in [0.15, 0.2) is 60.8 Å². The maximum absolute atomic E-state index is 12.2. The van der Waals surface area contributed by atoms with E-state index in [1.165, 1.54) is 0 Å². The van der Waals surface area contributed by atoms with Crippen molar-refractivity contribution in [3.8, 4) is 0 Å². The molecule has 3 N–H and O–H groups in total. The van der Waals surface area contributed by atoms with Gasteiger partial charge in [-0.25, -0.2) is 0 Å². The van der Waals surface area contributed by atoms with Crippen molar-refractivity contribution >= 4 is 28.2 Å². The molecular weight excluding hydrogens is 274 g/mol. The fraction of sp³-hybridized carbons (Fsp3) is 0.111. The average molecular weight is 291 g/mol. The molecule has 4 heteroatoms. The number of hydrogen-bond acceptors (Lipinski definition) is 3. The Bertz CT molecular complexity index is 809. The number of aryl methyl sites for hydroxylation is 1. The summed E-state index contributed by atoms with van der Waals surface area (Å²) in [5, 5.41) is 3.94. The number of carbonyl (C=O) groups is 1. The Balaban J connectivity index is 1.70. The number of pyridine rings is 1. The van der Waals surface area contributed by atoms with E-state index in [4.69, 9.17) is 5.73 Å². The molecule has 3 aromatic rings. The number of fused-ring (bicyclic) bond motifs is 1. The molecule has 0 radical (unpaired) electrons. The summed E-state index contributed by atoms with van der Waals surface area (Å²) in [6.45, 7) is 0. The van der Waals surface area contributed by atoms with E-state index >= 15 is 0 Å². The molecule has 1 amide bonds. The van der Waals surface area contributed by atoms with Gasteiger partial charge in [-0.3, -0.25) is 9.78 Å². The third-order valence-electron chi connectivity index (χ3n) is 3.58. The van der Waals surface area contributed by atoms with Crippen molar-refractivity contribution < 1.29 is 4.79 Å². The number of nitrogen functional groups attached to an aromatic ring is 1. The van der Waals surface area contributed by atoms with E-state index < -0.39 is 0 Å². The Morgan fingerprint density at radius 1 is 1.05 bits per heavy atom. The van der Waals surface area contributed by atoms with Crippen LogP contribution in [0.1, 0.15) is 12.0 Å². The molecule has 2 aromatic carbocycles. The van der Waals surface area contributed by atoms with Gasteiger partial charge in [-0.05, 0) is 30.2 Å². The molecule has 4 nitrogen and oxygen atoms in total. The summed E-state index contributed by atoms with van der Waals surface area (Å²) in [6, 6.07) is 17.2. The molecule has 0 saturated heterocycles. The van der Waals surface area contributed by atoms with Gasteiger partial charge in [-0.1, -0.05) is 36.4 Å². The third kappa shape index (κ3) is 3.06. The number of aromatic nitrogens is 1. The minimum atomic E-state index is -0.0404. The molecule has 0 aliphatic rings. The number of benzene rings is 2. The lowest BCUT2D eigenvalue weighted by atomic mass is 10.1. The van der Waals surface area contributed by atoms with Gasteiger partial charge in [0.15, 0.2) is 0 Å². The van der Waals surface area contributed by atoms with Gasteiger partial charge in [0.25, 0.3) is 0 Å². The van der Waals surface area contributed by atoms with Gasteiger partial charge in [0.2, 0.25) is 5.91 Å². The number of anilines is 2. The molecule has 0 aliphatic heterocycles. The van der Waals surface area contributed by atoms with Crippen LogP contribution in [0.25, 0.3) is 10.9 Å². The van der Waals surface area contributed by atoms with E-state index in [9.17, 15) is 4.79 Å². The summed E-state index contributed by atoms with van der Waals surface area (Å²) in [6.07, 6.45) is 2.73. The van der Waals surface area contributed by atoms with Crippen LogP contribution in [0.4, 0.5) is 11.4 Å². The maximum atomic E-state index is 12.2. The number of carbonyl (C=O) groups excluding carboxylic acids is 1. The highest BCUT2D eigenvalue weighted by molar-refractivity contribution is 6.00. The van der Waals surface area contributed by atoms with E-state index in [2.05, 4.69) is 10.3 Å². The number of nitrogens with two attached hydrogens (primary N) is 1. The molecule has 1 heterocycles. The molecule has 0 atom stereocenters. The number of hydrogen-bond donors (Lipinski definition) is 2. The minimum Gasteiger partial charge on any atom is -0.399 e. The third-order valence-corrected chi connectivity index (χ3v) is 3.58. The molecule has 0 fully saturated rings. The molecule has 110 valence electrons. The first-order valence-corrected chi connectivity index (χ1v) is 7.21. The zero-order valence-electron chi connectivity index (χ0n) is 12.1. The van der Waals surface area contributed by atoms with Crippen LogP contribution in [0.3, 0.4) is 0 Å². The number of amides is 1. The summed E-state index contributed by atoms with van der Waals surface area (Å²) in [4.78, 5) is 16.5. The van der Waals surface area contributed by atoms with E-state index in [1.807, 2.05) is 54.6 Å². The summed E-state index contributed by atoms with van der Waals surface area (Å²) >= 11 is 0. The van der Waals surface area contributed by atoms with Crippen LogP contribution in [-0.4, -0.2) is 10.9 Å². The molecule has 3 rings (SSSR count). The van der Waals surface area contributed by atoms with Crippen LogP contribution in [-0.2, 0) is 11.2 Å². The van der Waals surface area contributed by atoms with Gasteiger partial charge in [0.1, 0.15) is 0 Å². The quantitative estimate of drug-likeness (QED) is 0.724. The molecule has 0 bridgehead atoms. The van der Waals surface area contributed by atoms with Gasteiger partial charge >= 0.3 is 0 Å². The fourth-order valence-electron chi connectivity index (χ4n) is 2.43. The highest BCUT2D eigenvalue weighted by Crippen LogP contribution is 2.21. The largest absolute Gasteiger partial charge is 0.399 e. The second kappa shape index (κ2) is 6.26. The van der Waals surface area contributed by atoms with Crippen molar-refractivity contribution in [2.24, 2.45) is 0 Å². The average Bonchev–Trinajstić information content (AvgIpc) is 2.54. The van der Waals surface area contributed by atoms with Crippen LogP contribution >= 0.6 is 0 Å². The maximum Gasteiger partial charge on any atom is 0.224 e. The smallest absolute Gasteiger partial charge is 0.224 e. The lowest BCUT2D eigenvalue weighted by molar-refractivity contribution is -0.116. The summed E-state index contributed by atoms with van der Waals surface area (Å²) in [7, 11) is 0. The van der Waals surface area contributed by atoms with Crippen molar-refractivity contribution in [1.29, 1.82) is 0 Å². The Morgan fingerprint density at radius 3 is 2.73 bits per heavy atom. The van der Waals surface area contributed by atoms with Crippen molar-refractivity contribution in [3.05, 3.63) is 66.4 Å². The zero-order chi connectivity index (χ0) is 15.4. The van der Waals surface area contributed by atoms with E-state index in [1.54, 1.807) is 6.20 Å². The Morgan fingerprint density at radius 2 is 1.86 bits per heavy atom. The monoisotopic (exact) mass is 291 g/mol. The topological polar surface area (TPSA) is 68.0 Å². The molecule has 22 heavy (non-hydrogen) atoms. The van der Waals surface area contributed by atoms with Crippen molar-refractivity contribution in [1.82, 2.24) is 4.98 Å². The van der Waals surface area contributed by atoms with E-state index in [-0.39, 0.29) is 5.91 Å². The van der Waals surface area contributed by atoms with Crippen LogP contribution in [0, 0.1) is 0 Å². The van der Waals surface area contributed by atoms with Crippen molar-refractivity contribution in [2.45, 2.75) is 12.8 Å². The predicted octanol–water partition coefficient (Wildman–Crippen LogP) is 3.39. The zero-order valence-corrected chi connectivity index (χ0v) is 12.1. The Labute approximate surface area is 129 Å². The number of rotatable bonds is 4. The minimum absolute atomic E-state index is 0.0404. The van der Waals surface area contributed by atoms with Crippen LogP contribution < -0.4 is 11.1 Å². The number of nitrogens with zero attached hydrogens (tertiary/aromatic N) is 1. The molecule has 1 aromatic heterocycles. The lowest BCUT2D eigenvalue weighted by Gasteiger charge is -2.09. The van der Waals surface area contributed by atoms with Gasteiger partial charge in [0.05, 0.1) is 11.2 Å². The molecule has 0 spiro atoms. The first-order valence-electron chi connectivity index (χ1n) is 7.21. The summed E-state index contributed by atoms with van der Waals surface area (Å²) in [5.41, 5.74) is 9.15. The van der Waals surface area contributed by atoms with E-state index in [0.717, 1.165) is 27.8 Å². The van der Waals surface area contributed by atoms with Crippen molar-refractivity contribution in [2.75, 3.05) is 11.1 Å². The SMILES string of the molecule is Nc1ccccc1CCC(=O)Nc1cccc2cccnc12. The van der Waals surface area contributed by atoms with Gasteiger partial charge in [0, 0.05) is 23.7 Å². The first kappa shape index (κ1) is 14.1. The second-order valence-electron chi connectivity index (χ2n) is 5.13. The van der Waals surface area contributed by atoms with Crippen LogP contribution in [0.5, 0.6) is 0 Å². The van der Waals surface area contributed by atoms with Gasteiger partial charge in [-0.2, -0.15) is 0 Å². The highest BCUT2D eigenvalue weighted by atomic mass is 16.1. The van der Waals surface area contributed by atoms with Gasteiger partial charge < -0.3 is 11.1 Å². The lowest BCUT2D eigenvalue weighted by Crippen LogP contribution is -2.13.